The number of hydrogen-bond acceptors (Lipinski definition) is 6. The summed E-state index contributed by atoms with van der Waals surface area (Å²) in [5.41, 5.74) is 2.23. The molecule has 0 bridgehead atoms. The number of ether oxygens (including phenoxy) is 5. The average molecular weight is 438 g/mol. The summed E-state index contributed by atoms with van der Waals surface area (Å²) in [6.07, 6.45) is 4.36. The van der Waals surface area contributed by atoms with Gasteiger partial charge in [-0.25, -0.2) is 0 Å². The van der Waals surface area contributed by atoms with Crippen molar-refractivity contribution in [2.75, 3.05) is 40.0 Å². The molecule has 6 rings (SSSR count). The maximum atomic E-state index is 6.86. The normalized spacial score (nSPS) is 26.0. The Morgan fingerprint density at radius 1 is 1.03 bits per heavy atom. The standard InChI is InChI=1S/C26H31NO5/c1-28-22-6-2-4-19-24-20(5-3-13-31-24)26(32-25(19)22)9-11-27(12-10-26)17-18-7-8-21-23(16-18)30-15-14-29-21/h2,4,6-8,16,20,24H,3,5,9-15,17H2,1H3/t20-,24+/m0/s1. The minimum atomic E-state index is -0.185. The molecule has 1 spiro atoms. The third kappa shape index (κ3) is 3.41. The molecule has 2 saturated heterocycles. The molecule has 0 radical (unpaired) electrons. The Bertz CT molecular complexity index is 984. The smallest absolute Gasteiger partial charge is 0.167 e. The van der Waals surface area contributed by atoms with E-state index in [-0.39, 0.29) is 11.7 Å². The lowest BCUT2D eigenvalue weighted by molar-refractivity contribution is -0.150. The third-order valence-corrected chi connectivity index (χ3v) is 7.55. The van der Waals surface area contributed by atoms with Crippen LogP contribution in [-0.4, -0.2) is 50.5 Å². The largest absolute Gasteiger partial charge is 0.493 e. The highest BCUT2D eigenvalue weighted by atomic mass is 16.6. The number of benzene rings is 2. The Hall–Kier alpha value is -2.44. The first kappa shape index (κ1) is 20.2. The topological polar surface area (TPSA) is 49.4 Å². The molecule has 6 heteroatoms. The number of fused-ring (bicyclic) bond motifs is 5. The number of likely N-dealkylation sites (tertiary alicyclic amines) is 1. The van der Waals surface area contributed by atoms with Gasteiger partial charge in [-0.15, -0.1) is 0 Å². The van der Waals surface area contributed by atoms with Crippen molar-refractivity contribution < 1.29 is 23.7 Å². The van der Waals surface area contributed by atoms with Gasteiger partial charge in [-0.3, -0.25) is 4.90 Å². The molecule has 0 N–H and O–H groups in total. The van der Waals surface area contributed by atoms with Crippen LogP contribution in [-0.2, 0) is 11.3 Å². The Balaban J connectivity index is 1.21. The van der Waals surface area contributed by atoms with Crippen LogP contribution in [0.25, 0.3) is 0 Å². The predicted molar refractivity (Wildman–Crippen MR) is 120 cm³/mol. The SMILES string of the molecule is COc1cccc2c1OC1(CCN(Cc3ccc4c(c3)OCCO4)CC1)[C@H]1CCCO[C@H]21. The van der Waals surface area contributed by atoms with Crippen molar-refractivity contribution in [1.29, 1.82) is 0 Å². The summed E-state index contributed by atoms with van der Waals surface area (Å²) in [5.74, 6) is 3.81. The first-order chi connectivity index (χ1) is 15.8. The number of piperidine rings is 1. The highest BCUT2D eigenvalue weighted by molar-refractivity contribution is 5.50. The molecule has 0 aromatic heterocycles. The van der Waals surface area contributed by atoms with Gasteiger partial charge in [0.15, 0.2) is 23.0 Å². The molecule has 2 atom stereocenters. The fourth-order valence-corrected chi connectivity index (χ4v) is 5.94. The van der Waals surface area contributed by atoms with Crippen molar-refractivity contribution in [3.8, 4) is 23.0 Å². The van der Waals surface area contributed by atoms with Gasteiger partial charge in [-0.1, -0.05) is 18.2 Å². The van der Waals surface area contributed by atoms with Gasteiger partial charge >= 0.3 is 0 Å². The van der Waals surface area contributed by atoms with Gasteiger partial charge in [-0.05, 0) is 36.6 Å². The van der Waals surface area contributed by atoms with E-state index in [9.17, 15) is 0 Å². The fourth-order valence-electron chi connectivity index (χ4n) is 5.94. The molecule has 4 heterocycles. The van der Waals surface area contributed by atoms with Crippen LogP contribution in [0.2, 0.25) is 0 Å². The second kappa shape index (κ2) is 8.16. The van der Waals surface area contributed by atoms with Gasteiger partial charge in [0.1, 0.15) is 18.8 Å². The first-order valence-electron chi connectivity index (χ1n) is 11.8. The van der Waals surface area contributed by atoms with E-state index in [1.54, 1.807) is 7.11 Å². The van der Waals surface area contributed by atoms with Crippen LogP contribution >= 0.6 is 0 Å². The van der Waals surface area contributed by atoms with E-state index < -0.39 is 0 Å². The van der Waals surface area contributed by atoms with E-state index >= 15 is 0 Å². The van der Waals surface area contributed by atoms with E-state index in [0.717, 1.165) is 80.5 Å². The molecule has 4 aliphatic rings. The molecule has 170 valence electrons. The molecule has 2 aromatic carbocycles. The van der Waals surface area contributed by atoms with Crippen molar-refractivity contribution in [2.24, 2.45) is 5.92 Å². The second-order valence-electron chi connectivity index (χ2n) is 9.34. The van der Waals surface area contributed by atoms with Crippen molar-refractivity contribution in [3.05, 3.63) is 47.5 Å². The van der Waals surface area contributed by atoms with Crippen LogP contribution < -0.4 is 18.9 Å². The summed E-state index contributed by atoms with van der Waals surface area (Å²) in [5, 5.41) is 0. The highest BCUT2D eigenvalue weighted by Crippen LogP contribution is 2.55. The van der Waals surface area contributed by atoms with Crippen LogP contribution in [0.4, 0.5) is 0 Å². The molecule has 0 aliphatic carbocycles. The van der Waals surface area contributed by atoms with Crippen molar-refractivity contribution in [3.63, 3.8) is 0 Å². The third-order valence-electron chi connectivity index (χ3n) is 7.55. The van der Waals surface area contributed by atoms with Crippen LogP contribution in [0.15, 0.2) is 36.4 Å². The molecule has 0 amide bonds. The molecular formula is C26H31NO5. The summed E-state index contributed by atoms with van der Waals surface area (Å²) in [6.45, 7) is 4.99. The van der Waals surface area contributed by atoms with Crippen molar-refractivity contribution in [1.82, 2.24) is 4.90 Å². The maximum absolute atomic E-state index is 6.86. The Labute approximate surface area is 189 Å². The molecule has 6 nitrogen and oxygen atoms in total. The van der Waals surface area contributed by atoms with Gasteiger partial charge in [0, 0.05) is 50.6 Å². The van der Waals surface area contributed by atoms with Gasteiger partial charge in [0.2, 0.25) is 0 Å². The quantitative estimate of drug-likeness (QED) is 0.711. The zero-order valence-electron chi connectivity index (χ0n) is 18.7. The Morgan fingerprint density at radius 3 is 2.72 bits per heavy atom. The monoisotopic (exact) mass is 437 g/mol. The molecule has 32 heavy (non-hydrogen) atoms. The molecule has 2 fully saturated rings. The van der Waals surface area contributed by atoms with E-state index in [2.05, 4.69) is 23.1 Å². The minimum absolute atomic E-state index is 0.104. The number of para-hydroxylation sites is 1. The summed E-state index contributed by atoms with van der Waals surface area (Å²) >= 11 is 0. The van der Waals surface area contributed by atoms with E-state index in [4.69, 9.17) is 23.7 Å². The van der Waals surface area contributed by atoms with Crippen LogP contribution in [0.5, 0.6) is 23.0 Å². The highest BCUT2D eigenvalue weighted by Gasteiger charge is 2.53. The average Bonchev–Trinajstić information content (AvgIpc) is 2.85. The fraction of sp³-hybridized carbons (Fsp3) is 0.538. The van der Waals surface area contributed by atoms with Gasteiger partial charge < -0.3 is 23.7 Å². The summed E-state index contributed by atoms with van der Waals surface area (Å²) in [4.78, 5) is 2.52. The summed E-state index contributed by atoms with van der Waals surface area (Å²) in [6, 6.07) is 12.5. The number of methoxy groups -OCH3 is 1. The van der Waals surface area contributed by atoms with Crippen molar-refractivity contribution >= 4 is 0 Å². The van der Waals surface area contributed by atoms with Gasteiger partial charge in [-0.2, -0.15) is 0 Å². The zero-order chi connectivity index (χ0) is 21.5. The lowest BCUT2D eigenvalue weighted by Gasteiger charge is -2.53. The van der Waals surface area contributed by atoms with E-state index in [1.807, 2.05) is 18.2 Å². The minimum Gasteiger partial charge on any atom is -0.493 e. The Morgan fingerprint density at radius 2 is 1.88 bits per heavy atom. The van der Waals surface area contributed by atoms with Gasteiger partial charge in [0.05, 0.1) is 13.2 Å². The molecular weight excluding hydrogens is 406 g/mol. The van der Waals surface area contributed by atoms with Crippen LogP contribution in [0, 0.1) is 5.92 Å². The maximum Gasteiger partial charge on any atom is 0.167 e. The second-order valence-corrected chi connectivity index (χ2v) is 9.34. The lowest BCUT2D eigenvalue weighted by Crippen LogP contribution is -2.57. The Kier molecular flexibility index (Phi) is 5.15. The molecule has 0 saturated carbocycles. The van der Waals surface area contributed by atoms with Crippen LogP contribution in [0.3, 0.4) is 0 Å². The lowest BCUT2D eigenvalue weighted by atomic mass is 9.70. The number of rotatable bonds is 3. The van der Waals surface area contributed by atoms with E-state index in [0.29, 0.717) is 19.1 Å². The summed E-state index contributed by atoms with van der Waals surface area (Å²) < 4.78 is 30.3. The zero-order valence-corrected chi connectivity index (χ0v) is 18.7. The molecule has 0 unspecified atom stereocenters. The first-order valence-corrected chi connectivity index (χ1v) is 11.8. The molecule has 4 aliphatic heterocycles. The predicted octanol–water partition coefficient (Wildman–Crippen LogP) is 4.36. The summed E-state index contributed by atoms with van der Waals surface area (Å²) in [7, 11) is 1.72. The van der Waals surface area contributed by atoms with E-state index in [1.165, 1.54) is 5.56 Å². The van der Waals surface area contributed by atoms with Crippen LogP contribution in [0.1, 0.15) is 42.9 Å². The van der Waals surface area contributed by atoms with Crippen molar-refractivity contribution in [2.45, 2.75) is 43.9 Å². The van der Waals surface area contributed by atoms with Gasteiger partial charge in [0.25, 0.3) is 0 Å². The molecule has 2 aromatic rings. The number of nitrogens with zero attached hydrogens (tertiary/aromatic N) is 1. The number of hydrogen-bond donors (Lipinski definition) is 0.